The van der Waals surface area contributed by atoms with E-state index in [1.54, 1.807) is 13.8 Å². The summed E-state index contributed by atoms with van der Waals surface area (Å²) in [5.41, 5.74) is 16.0. The number of amides is 1. The molecule has 0 bridgehead atoms. The summed E-state index contributed by atoms with van der Waals surface area (Å²) in [6.45, 7) is 3.51. The number of nitrogens with zero attached hydrogens (tertiary/aromatic N) is 4. The maximum Gasteiger partial charge on any atom is 0.211 e. The Hall–Kier alpha value is -3.91. The van der Waals surface area contributed by atoms with Crippen LogP contribution >= 0.6 is 0 Å². The Kier molecular flexibility index (Phi) is 3.59. The van der Waals surface area contributed by atoms with Gasteiger partial charge < -0.3 is 16.8 Å². The Morgan fingerprint density at radius 3 is 2.28 bits per heavy atom. The predicted molar refractivity (Wildman–Crippen MR) is 94.5 cm³/mol. The van der Waals surface area contributed by atoms with Crippen LogP contribution in [0.5, 0.6) is 0 Å². The van der Waals surface area contributed by atoms with Crippen molar-refractivity contribution < 1.29 is 4.79 Å². The maximum absolute atomic E-state index is 10.9. The Balaban J connectivity index is 2.62. The molecule has 8 heteroatoms. The van der Waals surface area contributed by atoms with Gasteiger partial charge in [0.2, 0.25) is 6.41 Å². The lowest BCUT2D eigenvalue weighted by atomic mass is 10.0. The fourth-order valence-corrected chi connectivity index (χ4v) is 2.76. The molecule has 2 aromatic carbocycles. The van der Waals surface area contributed by atoms with Gasteiger partial charge >= 0.3 is 0 Å². The summed E-state index contributed by atoms with van der Waals surface area (Å²) in [5, 5.41) is 21.4. The molecule has 5 N–H and O–H groups in total. The lowest BCUT2D eigenvalue weighted by Gasteiger charge is -2.14. The smallest absolute Gasteiger partial charge is 0.211 e. The maximum atomic E-state index is 10.9. The predicted octanol–water partition coefficient (Wildman–Crippen LogP) is 1.88. The molecule has 8 nitrogen and oxygen atoms in total. The molecule has 122 valence electrons. The van der Waals surface area contributed by atoms with E-state index in [1.807, 2.05) is 12.1 Å². The quantitative estimate of drug-likeness (QED) is 0.368. The van der Waals surface area contributed by atoms with E-state index in [0.717, 1.165) is 0 Å². The summed E-state index contributed by atoms with van der Waals surface area (Å²) in [6, 6.07) is 5.58. The first-order valence-corrected chi connectivity index (χ1v) is 7.27. The van der Waals surface area contributed by atoms with Crippen LogP contribution in [0.4, 0.5) is 17.1 Å². The van der Waals surface area contributed by atoms with Gasteiger partial charge in [0.05, 0.1) is 28.0 Å². The van der Waals surface area contributed by atoms with Gasteiger partial charge in [0.25, 0.3) is 0 Å². The van der Waals surface area contributed by atoms with Gasteiger partial charge in [0, 0.05) is 11.3 Å². The Labute approximate surface area is 142 Å². The van der Waals surface area contributed by atoms with Gasteiger partial charge in [-0.05, 0) is 25.5 Å². The molecule has 0 saturated heterocycles. The fraction of sp³-hybridized carbons (Fsp3) is 0.118. The van der Waals surface area contributed by atoms with E-state index in [1.165, 1.54) is 6.07 Å². The van der Waals surface area contributed by atoms with Gasteiger partial charge in [-0.15, -0.1) is 0 Å². The van der Waals surface area contributed by atoms with Crippen molar-refractivity contribution in [2.45, 2.75) is 13.8 Å². The van der Waals surface area contributed by atoms with Crippen molar-refractivity contribution in [2.24, 2.45) is 0 Å². The lowest BCUT2D eigenvalue weighted by Crippen LogP contribution is -2.07. The number of nitriles is 2. The Morgan fingerprint density at radius 1 is 1.04 bits per heavy atom. The molecule has 1 amide bonds. The number of nitrogens with two attached hydrogens (primary N) is 2. The van der Waals surface area contributed by atoms with Crippen LogP contribution in [0.3, 0.4) is 0 Å². The summed E-state index contributed by atoms with van der Waals surface area (Å²) in [6.07, 6.45) is 0.442. The van der Waals surface area contributed by atoms with Crippen LogP contribution in [0.15, 0.2) is 6.07 Å². The third-order valence-electron chi connectivity index (χ3n) is 4.19. The number of rotatable bonds is 2. The van der Waals surface area contributed by atoms with Crippen LogP contribution in [0.25, 0.3) is 22.1 Å². The number of nitrogens with one attached hydrogen (secondary N) is 1. The minimum atomic E-state index is 0.0953. The zero-order chi connectivity index (χ0) is 18.3. The second kappa shape index (κ2) is 5.62. The minimum absolute atomic E-state index is 0.0953. The highest BCUT2D eigenvalue weighted by Gasteiger charge is 2.20. The molecule has 0 aliphatic heterocycles. The minimum Gasteiger partial charge on any atom is -0.398 e. The Morgan fingerprint density at radius 2 is 1.68 bits per heavy atom. The van der Waals surface area contributed by atoms with Crippen LogP contribution < -0.4 is 16.8 Å². The molecule has 0 radical (unpaired) electrons. The van der Waals surface area contributed by atoms with Crippen molar-refractivity contribution in [3.8, 4) is 12.1 Å². The summed E-state index contributed by atoms with van der Waals surface area (Å²) in [4.78, 5) is 19.9. The van der Waals surface area contributed by atoms with Crippen LogP contribution in [0, 0.1) is 36.5 Å². The number of hydrogen-bond donors (Lipinski definition) is 3. The monoisotopic (exact) mass is 331 g/mol. The molecule has 1 heterocycles. The zero-order valence-corrected chi connectivity index (χ0v) is 13.5. The number of hydrogen-bond acceptors (Lipinski definition) is 7. The number of fused-ring (bicyclic) bond motifs is 2. The molecule has 25 heavy (non-hydrogen) atoms. The summed E-state index contributed by atoms with van der Waals surface area (Å²) >= 11 is 0. The zero-order valence-electron chi connectivity index (χ0n) is 13.5. The second-order valence-electron chi connectivity index (χ2n) is 5.53. The van der Waals surface area contributed by atoms with E-state index in [2.05, 4.69) is 15.3 Å². The number of aromatic nitrogens is 2. The highest BCUT2D eigenvalue weighted by atomic mass is 16.1. The average molecular weight is 331 g/mol. The largest absolute Gasteiger partial charge is 0.398 e. The number of benzene rings is 2. The van der Waals surface area contributed by atoms with Crippen LogP contribution in [0.1, 0.15) is 22.3 Å². The molecular weight excluding hydrogens is 318 g/mol. The van der Waals surface area contributed by atoms with Gasteiger partial charge in [0.15, 0.2) is 0 Å². The van der Waals surface area contributed by atoms with Gasteiger partial charge in [-0.2, -0.15) is 10.5 Å². The Bertz CT molecular complexity index is 1150. The molecule has 0 aliphatic carbocycles. The van der Waals surface area contributed by atoms with Crippen molar-refractivity contribution in [1.82, 2.24) is 9.97 Å². The standard InChI is InChI=1S/C17H13N7O/c1-7-11(20)3-9(4-18)15-13(7)23-14-8(2)12(21)16(22-6-25)10(5-19)17(14)24-15/h3,6H,20-21H2,1-2H3,(H,22,25). The molecule has 1 aromatic heterocycles. The normalized spacial score (nSPS) is 10.4. The van der Waals surface area contributed by atoms with Crippen LogP contribution in [-0.4, -0.2) is 16.4 Å². The number of carbonyl (C=O) groups is 1. The van der Waals surface area contributed by atoms with Crippen molar-refractivity contribution >= 4 is 45.5 Å². The van der Waals surface area contributed by atoms with Gasteiger partial charge in [-0.3, -0.25) is 4.79 Å². The molecule has 3 rings (SSSR count). The lowest BCUT2D eigenvalue weighted by molar-refractivity contribution is -0.105. The second-order valence-corrected chi connectivity index (χ2v) is 5.53. The molecule has 0 fully saturated rings. The fourth-order valence-electron chi connectivity index (χ4n) is 2.76. The van der Waals surface area contributed by atoms with Gasteiger partial charge in [-0.25, -0.2) is 9.97 Å². The number of nitrogen functional groups attached to an aromatic ring is 2. The van der Waals surface area contributed by atoms with E-state index in [9.17, 15) is 15.3 Å². The number of anilines is 3. The molecule has 0 aliphatic rings. The average Bonchev–Trinajstić information content (AvgIpc) is 2.62. The number of carbonyl (C=O) groups excluding carboxylic acids is 1. The third kappa shape index (κ3) is 2.17. The summed E-state index contributed by atoms with van der Waals surface area (Å²) < 4.78 is 0. The number of aryl methyl sites for hydroxylation is 2. The SMILES string of the molecule is Cc1c(N)cc(C#N)c2nc3c(C#N)c(NC=O)c(N)c(C)c3nc12. The van der Waals surface area contributed by atoms with Crippen LogP contribution in [0.2, 0.25) is 0 Å². The molecule has 0 atom stereocenters. The van der Waals surface area contributed by atoms with E-state index < -0.39 is 0 Å². The van der Waals surface area contributed by atoms with E-state index in [0.29, 0.717) is 39.8 Å². The molecule has 0 spiro atoms. The highest BCUT2D eigenvalue weighted by Crippen LogP contribution is 2.36. The summed E-state index contributed by atoms with van der Waals surface area (Å²) in [7, 11) is 0. The third-order valence-corrected chi connectivity index (χ3v) is 4.19. The molecule has 0 saturated carbocycles. The van der Waals surface area contributed by atoms with Gasteiger partial charge in [0.1, 0.15) is 28.7 Å². The van der Waals surface area contributed by atoms with Crippen molar-refractivity contribution in [2.75, 3.05) is 16.8 Å². The molecular formula is C17H13N7O. The van der Waals surface area contributed by atoms with Crippen molar-refractivity contribution in [1.29, 1.82) is 10.5 Å². The van der Waals surface area contributed by atoms with Gasteiger partial charge in [-0.1, -0.05) is 0 Å². The van der Waals surface area contributed by atoms with E-state index in [4.69, 9.17) is 11.5 Å². The summed E-state index contributed by atoms with van der Waals surface area (Å²) in [5.74, 6) is 0. The highest BCUT2D eigenvalue weighted by molar-refractivity contribution is 6.03. The molecule has 3 aromatic rings. The van der Waals surface area contributed by atoms with Crippen molar-refractivity contribution in [3.05, 3.63) is 28.3 Å². The molecule has 0 unspecified atom stereocenters. The topological polar surface area (TPSA) is 154 Å². The van der Waals surface area contributed by atoms with E-state index in [-0.39, 0.29) is 28.0 Å². The first-order valence-electron chi connectivity index (χ1n) is 7.27. The van der Waals surface area contributed by atoms with E-state index >= 15 is 0 Å². The first kappa shape index (κ1) is 16.0. The van der Waals surface area contributed by atoms with Crippen molar-refractivity contribution in [3.63, 3.8) is 0 Å². The first-order chi connectivity index (χ1) is 11.9. The van der Waals surface area contributed by atoms with Crippen LogP contribution in [-0.2, 0) is 4.79 Å².